The molecule has 3 N–H and O–H groups in total. The van der Waals surface area contributed by atoms with Crippen molar-refractivity contribution in [2.45, 2.75) is 44.4 Å². The number of aliphatic hydroxyl groups is 1. The Morgan fingerprint density at radius 3 is 2.77 bits per heavy atom. The van der Waals surface area contributed by atoms with E-state index >= 15 is 0 Å². The van der Waals surface area contributed by atoms with Gasteiger partial charge in [0.15, 0.2) is 0 Å². The second-order valence-electron chi connectivity index (χ2n) is 6.29. The zero-order valence-electron chi connectivity index (χ0n) is 13.0. The molecule has 4 nitrogen and oxygen atoms in total. The maximum Gasteiger partial charge on any atom is 0.120 e. The molecule has 1 saturated carbocycles. The molecule has 0 amide bonds. The highest BCUT2D eigenvalue weighted by atomic mass is 35.5. The van der Waals surface area contributed by atoms with Crippen molar-refractivity contribution in [3.63, 3.8) is 0 Å². The van der Waals surface area contributed by atoms with E-state index in [9.17, 15) is 5.11 Å². The summed E-state index contributed by atoms with van der Waals surface area (Å²) >= 11 is 0. The Morgan fingerprint density at radius 2 is 2.05 bits per heavy atom. The van der Waals surface area contributed by atoms with Gasteiger partial charge in [-0.1, -0.05) is 12.1 Å². The highest BCUT2D eigenvalue weighted by Crippen LogP contribution is 2.24. The molecule has 5 heteroatoms. The molecule has 124 valence electrons. The number of benzene rings is 1. The molecule has 1 aromatic rings. The van der Waals surface area contributed by atoms with Gasteiger partial charge in [-0.25, -0.2) is 0 Å². The average Bonchev–Trinajstić information content (AvgIpc) is 3.12. The first-order chi connectivity index (χ1) is 10.3. The van der Waals surface area contributed by atoms with Crippen LogP contribution in [0.1, 0.15) is 31.2 Å². The summed E-state index contributed by atoms with van der Waals surface area (Å²) in [7, 11) is 0. The summed E-state index contributed by atoms with van der Waals surface area (Å²) in [5.41, 5.74) is 1.24. The second-order valence-corrected chi connectivity index (χ2v) is 6.29. The van der Waals surface area contributed by atoms with E-state index in [1.165, 1.54) is 31.2 Å². The fraction of sp³-hybridized carbons (Fsp3) is 0.647. The number of hydrogen-bond donors (Lipinski definition) is 3. The molecule has 1 aliphatic heterocycles. The molecule has 1 aromatic carbocycles. The quantitative estimate of drug-likeness (QED) is 0.749. The summed E-state index contributed by atoms with van der Waals surface area (Å²) in [4.78, 5) is 0. The van der Waals surface area contributed by atoms with Gasteiger partial charge < -0.3 is 20.5 Å². The summed E-state index contributed by atoms with van der Waals surface area (Å²) in [5.74, 6) is 1.31. The Hall–Kier alpha value is -0.810. The minimum atomic E-state index is -0.213. The molecule has 2 aliphatic rings. The Bertz CT molecular complexity index is 452. The van der Waals surface area contributed by atoms with Crippen molar-refractivity contribution in [2.75, 3.05) is 19.6 Å². The molecule has 0 spiro atoms. The SMILES string of the molecule is Cl.OC1CNCC1CNCc1cccc(OC2CCCC2)c1. The van der Waals surface area contributed by atoms with E-state index in [1.54, 1.807) is 0 Å². The highest BCUT2D eigenvalue weighted by Gasteiger charge is 2.24. The van der Waals surface area contributed by atoms with Gasteiger partial charge in [0.05, 0.1) is 12.2 Å². The van der Waals surface area contributed by atoms with Crippen LogP contribution >= 0.6 is 12.4 Å². The Morgan fingerprint density at radius 1 is 1.23 bits per heavy atom. The van der Waals surface area contributed by atoms with E-state index in [4.69, 9.17) is 4.74 Å². The fourth-order valence-electron chi connectivity index (χ4n) is 3.26. The topological polar surface area (TPSA) is 53.5 Å². The molecule has 0 aromatic heterocycles. The monoisotopic (exact) mass is 326 g/mol. The summed E-state index contributed by atoms with van der Waals surface area (Å²) in [6.07, 6.45) is 5.17. The number of rotatable bonds is 6. The molecule has 22 heavy (non-hydrogen) atoms. The normalized spacial score (nSPS) is 25.1. The van der Waals surface area contributed by atoms with Crippen LogP contribution in [-0.2, 0) is 6.54 Å². The summed E-state index contributed by atoms with van der Waals surface area (Å²) in [6.45, 7) is 3.29. The Labute approximate surface area is 139 Å². The van der Waals surface area contributed by atoms with Gasteiger partial charge in [-0.2, -0.15) is 0 Å². The number of β-amino-alcohol motifs (C(OH)–C–C–N with tert-alkyl or cyclic N) is 1. The molecule has 3 rings (SSSR count). The van der Waals surface area contributed by atoms with Crippen LogP contribution in [0.15, 0.2) is 24.3 Å². The Balaban J connectivity index is 0.00000176. The van der Waals surface area contributed by atoms with E-state index < -0.39 is 0 Å². The van der Waals surface area contributed by atoms with Crippen molar-refractivity contribution >= 4 is 12.4 Å². The molecular weight excluding hydrogens is 300 g/mol. The van der Waals surface area contributed by atoms with Crippen molar-refractivity contribution in [1.82, 2.24) is 10.6 Å². The fourth-order valence-corrected chi connectivity index (χ4v) is 3.26. The molecule has 0 radical (unpaired) electrons. The van der Waals surface area contributed by atoms with E-state index in [0.717, 1.165) is 31.9 Å². The summed E-state index contributed by atoms with van der Waals surface area (Å²) in [6, 6.07) is 8.37. The van der Waals surface area contributed by atoms with Gasteiger partial charge in [0.25, 0.3) is 0 Å². The van der Waals surface area contributed by atoms with Gasteiger partial charge in [-0.3, -0.25) is 0 Å². The van der Waals surface area contributed by atoms with Gasteiger partial charge in [0.1, 0.15) is 5.75 Å². The van der Waals surface area contributed by atoms with Crippen LogP contribution in [-0.4, -0.2) is 36.9 Å². The molecule has 1 heterocycles. The lowest BCUT2D eigenvalue weighted by atomic mass is 10.1. The van der Waals surface area contributed by atoms with Gasteiger partial charge in [-0.15, -0.1) is 12.4 Å². The predicted molar refractivity (Wildman–Crippen MR) is 90.6 cm³/mol. The zero-order chi connectivity index (χ0) is 14.5. The van der Waals surface area contributed by atoms with E-state index in [2.05, 4.69) is 28.8 Å². The third kappa shape index (κ3) is 4.85. The number of ether oxygens (including phenoxy) is 1. The third-order valence-electron chi connectivity index (χ3n) is 4.54. The van der Waals surface area contributed by atoms with Crippen molar-refractivity contribution in [3.05, 3.63) is 29.8 Å². The lowest BCUT2D eigenvalue weighted by Gasteiger charge is -2.16. The van der Waals surface area contributed by atoms with Crippen LogP contribution in [0.2, 0.25) is 0 Å². The van der Waals surface area contributed by atoms with Crippen molar-refractivity contribution in [2.24, 2.45) is 5.92 Å². The number of nitrogens with one attached hydrogen (secondary N) is 2. The molecular formula is C17H27ClN2O2. The van der Waals surface area contributed by atoms with Gasteiger partial charge >= 0.3 is 0 Å². The molecule has 1 saturated heterocycles. The summed E-state index contributed by atoms with van der Waals surface area (Å²) < 4.78 is 6.03. The lowest BCUT2D eigenvalue weighted by Crippen LogP contribution is -2.30. The Kier molecular flexibility index (Phi) is 6.96. The van der Waals surface area contributed by atoms with Crippen LogP contribution in [0, 0.1) is 5.92 Å². The molecule has 2 unspecified atom stereocenters. The minimum absolute atomic E-state index is 0. The van der Waals surface area contributed by atoms with Crippen molar-refractivity contribution in [3.8, 4) is 5.75 Å². The summed E-state index contributed by atoms with van der Waals surface area (Å²) in [5, 5.41) is 16.4. The van der Waals surface area contributed by atoms with Gasteiger partial charge in [0.2, 0.25) is 0 Å². The number of aliphatic hydroxyl groups excluding tert-OH is 1. The zero-order valence-corrected chi connectivity index (χ0v) is 13.8. The van der Waals surface area contributed by atoms with Crippen LogP contribution in [0.5, 0.6) is 5.75 Å². The number of hydrogen-bond acceptors (Lipinski definition) is 4. The van der Waals surface area contributed by atoms with Crippen molar-refractivity contribution in [1.29, 1.82) is 0 Å². The molecule has 2 fully saturated rings. The lowest BCUT2D eigenvalue weighted by molar-refractivity contribution is 0.146. The van der Waals surface area contributed by atoms with Crippen LogP contribution in [0.3, 0.4) is 0 Å². The molecule has 0 bridgehead atoms. The first-order valence-corrected chi connectivity index (χ1v) is 8.16. The van der Waals surface area contributed by atoms with E-state index in [-0.39, 0.29) is 18.5 Å². The van der Waals surface area contributed by atoms with Crippen molar-refractivity contribution < 1.29 is 9.84 Å². The van der Waals surface area contributed by atoms with Crippen LogP contribution in [0.25, 0.3) is 0 Å². The van der Waals surface area contributed by atoms with Crippen LogP contribution in [0.4, 0.5) is 0 Å². The predicted octanol–water partition coefficient (Wildman–Crippen LogP) is 2.10. The van der Waals surface area contributed by atoms with E-state index in [0.29, 0.717) is 12.0 Å². The van der Waals surface area contributed by atoms with Gasteiger partial charge in [0, 0.05) is 32.1 Å². The van der Waals surface area contributed by atoms with Gasteiger partial charge in [-0.05, 0) is 43.4 Å². The van der Waals surface area contributed by atoms with E-state index in [1.807, 2.05) is 6.07 Å². The number of halogens is 1. The largest absolute Gasteiger partial charge is 0.490 e. The second kappa shape index (κ2) is 8.73. The smallest absolute Gasteiger partial charge is 0.120 e. The molecule has 2 atom stereocenters. The maximum atomic E-state index is 9.77. The highest BCUT2D eigenvalue weighted by molar-refractivity contribution is 5.85. The standard InChI is InChI=1S/C17H26N2O2.ClH/c20-17-12-19-11-14(17)10-18-9-13-4-3-7-16(8-13)21-15-5-1-2-6-15;/h3-4,7-8,14-15,17-20H,1-2,5-6,9-12H2;1H. The average molecular weight is 327 g/mol. The molecule has 1 aliphatic carbocycles. The van der Waals surface area contributed by atoms with Crippen LogP contribution < -0.4 is 15.4 Å². The first-order valence-electron chi connectivity index (χ1n) is 8.16. The minimum Gasteiger partial charge on any atom is -0.490 e. The maximum absolute atomic E-state index is 9.77. The third-order valence-corrected chi connectivity index (χ3v) is 4.54. The first kappa shape index (κ1) is 17.5.